The van der Waals surface area contributed by atoms with Crippen molar-refractivity contribution < 1.29 is 9.13 Å². The molecule has 0 radical (unpaired) electrons. The van der Waals surface area contributed by atoms with Crippen LogP contribution in [-0.2, 0) is 0 Å². The molecule has 0 aliphatic heterocycles. The molecule has 6 heteroatoms. The Kier molecular flexibility index (Phi) is 4.65. The lowest BCUT2D eigenvalue weighted by Gasteiger charge is -2.15. The Morgan fingerprint density at radius 2 is 2.04 bits per heavy atom. The van der Waals surface area contributed by atoms with Crippen LogP contribution in [0.1, 0.15) is 18.5 Å². The lowest BCUT2D eigenvalue weighted by molar-refractivity contribution is 0.386. The summed E-state index contributed by atoms with van der Waals surface area (Å²) < 4.78 is 18.8. The molecule has 1 atom stereocenters. The molecule has 3 aromatic rings. The molecule has 1 aromatic carbocycles. The fourth-order valence-corrected chi connectivity index (χ4v) is 2.33. The van der Waals surface area contributed by atoms with Crippen LogP contribution >= 0.6 is 0 Å². The minimum absolute atomic E-state index is 0.158. The predicted octanol–water partition coefficient (Wildman–Crippen LogP) is 3.86. The van der Waals surface area contributed by atoms with E-state index in [1.54, 1.807) is 24.7 Å². The van der Waals surface area contributed by atoms with Gasteiger partial charge in [-0.2, -0.15) is 0 Å². The van der Waals surface area contributed by atoms with Gasteiger partial charge < -0.3 is 10.1 Å². The number of anilines is 1. The van der Waals surface area contributed by atoms with Crippen molar-refractivity contribution in [3.05, 3.63) is 66.4 Å². The molecule has 2 heterocycles. The quantitative estimate of drug-likeness (QED) is 0.772. The molecule has 0 fully saturated rings. The Hall–Kier alpha value is -3.02. The summed E-state index contributed by atoms with van der Waals surface area (Å²) in [7, 11) is 1.44. The molecule has 5 nitrogen and oxygen atoms in total. The van der Waals surface area contributed by atoms with E-state index in [9.17, 15) is 4.39 Å². The Morgan fingerprint density at radius 1 is 1.17 bits per heavy atom. The van der Waals surface area contributed by atoms with Crippen LogP contribution in [0.5, 0.6) is 5.75 Å². The molecule has 0 saturated heterocycles. The highest BCUT2D eigenvalue weighted by Crippen LogP contribution is 2.24. The van der Waals surface area contributed by atoms with Gasteiger partial charge in [-0.1, -0.05) is 6.07 Å². The van der Waals surface area contributed by atoms with Gasteiger partial charge in [-0.15, -0.1) is 0 Å². The van der Waals surface area contributed by atoms with Crippen molar-refractivity contribution in [3.8, 4) is 17.0 Å². The van der Waals surface area contributed by atoms with Gasteiger partial charge >= 0.3 is 0 Å². The predicted molar refractivity (Wildman–Crippen MR) is 90.3 cm³/mol. The SMILES string of the molecule is COc1ccc(C(C)Nc2nccc(-c3cccnc3)n2)cc1F. The minimum Gasteiger partial charge on any atom is -0.494 e. The van der Waals surface area contributed by atoms with E-state index in [1.165, 1.54) is 13.2 Å². The summed E-state index contributed by atoms with van der Waals surface area (Å²) in [5.41, 5.74) is 2.46. The Labute approximate surface area is 139 Å². The van der Waals surface area contributed by atoms with E-state index in [4.69, 9.17) is 4.74 Å². The van der Waals surface area contributed by atoms with Crippen molar-refractivity contribution in [2.24, 2.45) is 0 Å². The fourth-order valence-electron chi connectivity index (χ4n) is 2.33. The van der Waals surface area contributed by atoms with Gasteiger partial charge in [0.15, 0.2) is 11.6 Å². The number of nitrogens with zero attached hydrogens (tertiary/aromatic N) is 3. The first-order valence-electron chi connectivity index (χ1n) is 7.51. The average Bonchev–Trinajstić information content (AvgIpc) is 2.62. The van der Waals surface area contributed by atoms with Crippen LogP contribution in [0.25, 0.3) is 11.3 Å². The van der Waals surface area contributed by atoms with Gasteiger partial charge in [0.05, 0.1) is 18.8 Å². The number of methoxy groups -OCH3 is 1. The van der Waals surface area contributed by atoms with Crippen molar-refractivity contribution in [1.82, 2.24) is 15.0 Å². The summed E-state index contributed by atoms with van der Waals surface area (Å²) in [6.45, 7) is 1.92. The molecule has 0 spiro atoms. The second-order valence-corrected chi connectivity index (χ2v) is 5.27. The molecule has 24 heavy (non-hydrogen) atoms. The van der Waals surface area contributed by atoms with Crippen LogP contribution in [0.3, 0.4) is 0 Å². The minimum atomic E-state index is -0.395. The van der Waals surface area contributed by atoms with Crippen LogP contribution in [0.15, 0.2) is 55.0 Å². The van der Waals surface area contributed by atoms with Gasteiger partial charge in [0, 0.05) is 24.2 Å². The summed E-state index contributed by atoms with van der Waals surface area (Å²) in [4.78, 5) is 12.8. The maximum atomic E-state index is 13.8. The zero-order valence-corrected chi connectivity index (χ0v) is 13.4. The van der Waals surface area contributed by atoms with Crippen molar-refractivity contribution >= 4 is 5.95 Å². The van der Waals surface area contributed by atoms with Crippen molar-refractivity contribution in [2.75, 3.05) is 12.4 Å². The maximum Gasteiger partial charge on any atom is 0.223 e. The summed E-state index contributed by atoms with van der Waals surface area (Å²) >= 11 is 0. The van der Waals surface area contributed by atoms with Crippen LogP contribution in [0.4, 0.5) is 10.3 Å². The Morgan fingerprint density at radius 3 is 2.75 bits per heavy atom. The van der Waals surface area contributed by atoms with Crippen molar-refractivity contribution in [1.29, 1.82) is 0 Å². The number of hydrogen-bond acceptors (Lipinski definition) is 5. The molecule has 3 rings (SSSR count). The fraction of sp³-hybridized carbons (Fsp3) is 0.167. The molecular formula is C18H17FN4O. The first-order valence-corrected chi connectivity index (χ1v) is 7.51. The Balaban J connectivity index is 1.80. The van der Waals surface area contributed by atoms with Gasteiger partial charge in [-0.05, 0) is 42.8 Å². The number of hydrogen-bond donors (Lipinski definition) is 1. The van der Waals surface area contributed by atoms with Gasteiger partial charge in [-0.3, -0.25) is 4.98 Å². The number of nitrogens with one attached hydrogen (secondary N) is 1. The third kappa shape index (κ3) is 3.48. The molecule has 0 amide bonds. The number of benzene rings is 1. The normalized spacial score (nSPS) is 11.8. The second-order valence-electron chi connectivity index (χ2n) is 5.27. The third-order valence-corrected chi connectivity index (χ3v) is 3.63. The molecule has 122 valence electrons. The smallest absolute Gasteiger partial charge is 0.223 e. The van der Waals surface area contributed by atoms with Gasteiger partial charge in [0.2, 0.25) is 5.95 Å². The lowest BCUT2D eigenvalue weighted by Crippen LogP contribution is -2.10. The largest absolute Gasteiger partial charge is 0.494 e. The first kappa shape index (κ1) is 15.9. The zero-order chi connectivity index (χ0) is 16.9. The number of aromatic nitrogens is 3. The van der Waals surface area contributed by atoms with Gasteiger partial charge in [0.25, 0.3) is 0 Å². The molecule has 1 N–H and O–H groups in total. The molecular weight excluding hydrogens is 307 g/mol. The van der Waals surface area contributed by atoms with E-state index in [1.807, 2.05) is 31.2 Å². The molecule has 2 aromatic heterocycles. The van der Waals surface area contributed by atoms with Crippen molar-refractivity contribution in [3.63, 3.8) is 0 Å². The summed E-state index contributed by atoms with van der Waals surface area (Å²) in [6, 6.07) is 10.3. The van der Waals surface area contributed by atoms with Gasteiger partial charge in [-0.25, -0.2) is 14.4 Å². The zero-order valence-electron chi connectivity index (χ0n) is 13.4. The summed E-state index contributed by atoms with van der Waals surface area (Å²) in [6.07, 6.45) is 5.14. The van der Waals surface area contributed by atoms with E-state index >= 15 is 0 Å². The summed E-state index contributed by atoms with van der Waals surface area (Å²) in [5, 5.41) is 3.18. The Bertz CT molecular complexity index is 826. The number of halogens is 1. The van der Waals surface area contributed by atoms with E-state index in [2.05, 4.69) is 20.3 Å². The van der Waals surface area contributed by atoms with Crippen molar-refractivity contribution in [2.45, 2.75) is 13.0 Å². The van der Waals surface area contributed by atoms with Crippen LogP contribution in [0, 0.1) is 5.82 Å². The van der Waals surface area contributed by atoms with Crippen LogP contribution in [-0.4, -0.2) is 22.1 Å². The first-order chi connectivity index (χ1) is 11.7. The maximum absolute atomic E-state index is 13.8. The highest BCUT2D eigenvalue weighted by molar-refractivity contribution is 5.58. The van der Waals surface area contributed by atoms with E-state index in [0.717, 1.165) is 16.8 Å². The number of ether oxygens (including phenoxy) is 1. The average molecular weight is 324 g/mol. The third-order valence-electron chi connectivity index (χ3n) is 3.63. The van der Waals surface area contributed by atoms with E-state index in [-0.39, 0.29) is 11.8 Å². The second kappa shape index (κ2) is 7.04. The van der Waals surface area contributed by atoms with E-state index < -0.39 is 5.82 Å². The number of rotatable bonds is 5. The molecule has 0 saturated carbocycles. The molecule has 0 aliphatic carbocycles. The van der Waals surface area contributed by atoms with E-state index in [0.29, 0.717) is 5.95 Å². The number of pyridine rings is 1. The summed E-state index contributed by atoms with van der Waals surface area (Å²) in [5.74, 6) is 0.300. The van der Waals surface area contributed by atoms with Gasteiger partial charge in [0.1, 0.15) is 0 Å². The van der Waals surface area contributed by atoms with Crippen LogP contribution in [0.2, 0.25) is 0 Å². The highest BCUT2D eigenvalue weighted by Gasteiger charge is 2.11. The highest BCUT2D eigenvalue weighted by atomic mass is 19.1. The standard InChI is InChI=1S/C18H17FN4O/c1-12(13-5-6-17(24-2)15(19)10-13)22-18-21-9-7-16(23-18)14-4-3-8-20-11-14/h3-12H,1-2H3,(H,21,22,23). The molecule has 0 bridgehead atoms. The topological polar surface area (TPSA) is 59.9 Å². The molecule has 0 aliphatic rings. The molecule has 1 unspecified atom stereocenters. The monoisotopic (exact) mass is 324 g/mol. The lowest BCUT2D eigenvalue weighted by atomic mass is 10.1. The van der Waals surface area contributed by atoms with Crippen LogP contribution < -0.4 is 10.1 Å².